The third-order valence-corrected chi connectivity index (χ3v) is 4.35. The van der Waals surface area contributed by atoms with Crippen LogP contribution in [0.15, 0.2) is 11.2 Å². The van der Waals surface area contributed by atoms with Gasteiger partial charge in [-0.2, -0.15) is 0 Å². The zero-order chi connectivity index (χ0) is 18.9. The van der Waals surface area contributed by atoms with E-state index in [0.717, 1.165) is 6.07 Å². The van der Waals surface area contributed by atoms with Gasteiger partial charge in [-0.1, -0.05) is 5.16 Å². The summed E-state index contributed by atoms with van der Waals surface area (Å²) in [5.41, 5.74) is 5.25. The molecule has 1 aliphatic heterocycles. The number of nitrogens with one attached hydrogen (secondary N) is 2. The van der Waals surface area contributed by atoms with Crippen LogP contribution in [0.3, 0.4) is 0 Å². The van der Waals surface area contributed by atoms with E-state index in [1.54, 1.807) is 0 Å². The summed E-state index contributed by atoms with van der Waals surface area (Å²) in [4.78, 5) is 8.59. The maximum atomic E-state index is 13.9. The highest BCUT2D eigenvalue weighted by Crippen LogP contribution is 2.27. The van der Waals surface area contributed by atoms with Crippen molar-refractivity contribution in [2.75, 3.05) is 31.5 Å². The molecule has 1 aromatic carbocycles. The molecule has 3 rings (SSSR count). The first-order chi connectivity index (χ1) is 12.3. The van der Waals surface area contributed by atoms with Crippen LogP contribution >= 0.6 is 0 Å². The maximum absolute atomic E-state index is 13.9. The topological polar surface area (TPSA) is 103 Å². The highest BCUT2D eigenvalue weighted by atomic mass is 19.3. The SMILES string of the molecule is NC(=NO)c1cc(F)c(F)c2nc(NCCN3CCC(F)(F)CC3)[nH]c12. The number of anilines is 1. The Hall–Kier alpha value is -2.56. The number of nitrogens with zero attached hydrogens (tertiary/aromatic N) is 3. The molecule has 7 nitrogen and oxygen atoms in total. The highest BCUT2D eigenvalue weighted by molar-refractivity contribution is 6.07. The lowest BCUT2D eigenvalue weighted by atomic mass is 10.1. The van der Waals surface area contributed by atoms with Crippen molar-refractivity contribution in [1.82, 2.24) is 14.9 Å². The molecule has 2 aromatic rings. The van der Waals surface area contributed by atoms with E-state index in [0.29, 0.717) is 26.2 Å². The predicted octanol–water partition coefficient (Wildman–Crippen LogP) is 2.08. The second-order valence-corrected chi connectivity index (χ2v) is 6.14. The van der Waals surface area contributed by atoms with Crippen molar-refractivity contribution in [3.63, 3.8) is 0 Å². The van der Waals surface area contributed by atoms with Crippen molar-refractivity contribution in [1.29, 1.82) is 0 Å². The van der Waals surface area contributed by atoms with Gasteiger partial charge in [-0.15, -0.1) is 0 Å². The molecule has 0 unspecified atom stereocenters. The first-order valence-electron chi connectivity index (χ1n) is 8.00. The van der Waals surface area contributed by atoms with Crippen LogP contribution in [-0.4, -0.2) is 58.0 Å². The van der Waals surface area contributed by atoms with Crippen LogP contribution in [0.4, 0.5) is 23.5 Å². The van der Waals surface area contributed by atoms with Crippen LogP contribution in [0, 0.1) is 11.6 Å². The molecule has 0 bridgehead atoms. The number of benzene rings is 1. The number of halogens is 4. The van der Waals surface area contributed by atoms with Gasteiger partial charge in [0.25, 0.3) is 5.92 Å². The Morgan fingerprint density at radius 2 is 2.08 bits per heavy atom. The largest absolute Gasteiger partial charge is 0.409 e. The minimum Gasteiger partial charge on any atom is -0.409 e. The van der Waals surface area contributed by atoms with Crippen LogP contribution in [0.5, 0.6) is 0 Å². The lowest BCUT2D eigenvalue weighted by Gasteiger charge is -2.31. The minimum atomic E-state index is -2.60. The molecular formula is C15H18F4N6O. The highest BCUT2D eigenvalue weighted by Gasteiger charge is 2.33. The number of hydrogen-bond acceptors (Lipinski definition) is 5. The van der Waals surface area contributed by atoms with E-state index in [1.165, 1.54) is 0 Å². The number of H-pyrrole nitrogens is 1. The average molecular weight is 374 g/mol. The molecule has 1 saturated heterocycles. The zero-order valence-corrected chi connectivity index (χ0v) is 13.7. The Morgan fingerprint density at radius 1 is 1.38 bits per heavy atom. The standard InChI is InChI=1S/C15H18F4N6O/c16-9-7-8(13(20)24-26)11-12(10(9)17)23-14(22-11)21-3-6-25-4-1-15(18,19)2-5-25/h7,26H,1-6H2,(H2,20,24)(H2,21,22,23). The van der Waals surface area contributed by atoms with Crippen LogP contribution < -0.4 is 11.1 Å². The Labute approximate surface area is 145 Å². The molecule has 1 fully saturated rings. The molecule has 2 heterocycles. The molecule has 142 valence electrons. The average Bonchev–Trinajstić information content (AvgIpc) is 3.03. The second-order valence-electron chi connectivity index (χ2n) is 6.14. The van der Waals surface area contributed by atoms with Gasteiger partial charge in [0.15, 0.2) is 17.5 Å². The maximum Gasteiger partial charge on any atom is 0.250 e. The molecule has 1 aliphatic rings. The number of oxime groups is 1. The number of imidazole rings is 1. The first-order valence-corrected chi connectivity index (χ1v) is 8.00. The normalized spacial score (nSPS) is 18.4. The molecule has 0 saturated carbocycles. The molecular weight excluding hydrogens is 356 g/mol. The Balaban J connectivity index is 1.70. The molecule has 0 radical (unpaired) electrons. The van der Waals surface area contributed by atoms with Crippen LogP contribution in [0.1, 0.15) is 18.4 Å². The molecule has 26 heavy (non-hydrogen) atoms. The number of likely N-dealkylation sites (tertiary alicyclic amines) is 1. The number of alkyl halides is 2. The second kappa shape index (κ2) is 6.98. The van der Waals surface area contributed by atoms with E-state index in [1.807, 2.05) is 4.90 Å². The fraction of sp³-hybridized carbons (Fsp3) is 0.467. The fourth-order valence-electron chi connectivity index (χ4n) is 2.88. The third-order valence-electron chi connectivity index (χ3n) is 4.35. The van der Waals surface area contributed by atoms with Crippen molar-refractivity contribution in [3.05, 3.63) is 23.3 Å². The van der Waals surface area contributed by atoms with E-state index in [4.69, 9.17) is 10.9 Å². The fourth-order valence-corrected chi connectivity index (χ4v) is 2.88. The Morgan fingerprint density at radius 3 is 2.73 bits per heavy atom. The van der Waals surface area contributed by atoms with Crippen LogP contribution in [-0.2, 0) is 0 Å². The molecule has 5 N–H and O–H groups in total. The molecule has 0 spiro atoms. The smallest absolute Gasteiger partial charge is 0.250 e. The van der Waals surface area contributed by atoms with Crippen molar-refractivity contribution < 1.29 is 22.8 Å². The van der Waals surface area contributed by atoms with Gasteiger partial charge >= 0.3 is 0 Å². The van der Waals surface area contributed by atoms with Gasteiger partial charge in [-0.05, 0) is 6.07 Å². The molecule has 11 heteroatoms. The van der Waals surface area contributed by atoms with Crippen molar-refractivity contribution in [2.24, 2.45) is 10.9 Å². The zero-order valence-electron chi connectivity index (χ0n) is 13.7. The van der Waals surface area contributed by atoms with Gasteiger partial charge in [0, 0.05) is 44.6 Å². The van der Waals surface area contributed by atoms with Crippen molar-refractivity contribution in [2.45, 2.75) is 18.8 Å². The monoisotopic (exact) mass is 374 g/mol. The minimum absolute atomic E-state index is 0.0276. The number of aromatic amines is 1. The summed E-state index contributed by atoms with van der Waals surface area (Å²) >= 11 is 0. The lowest BCUT2D eigenvalue weighted by Crippen LogP contribution is -2.41. The Bertz CT molecular complexity index is 827. The first kappa shape index (κ1) is 18.2. The van der Waals surface area contributed by atoms with Gasteiger partial charge in [0.05, 0.1) is 5.52 Å². The molecule has 1 aromatic heterocycles. The van der Waals surface area contributed by atoms with Crippen molar-refractivity contribution >= 4 is 22.8 Å². The third kappa shape index (κ3) is 3.66. The summed E-state index contributed by atoms with van der Waals surface area (Å²) in [5, 5.41) is 14.5. The van der Waals surface area contributed by atoms with Gasteiger partial charge in [-0.25, -0.2) is 22.5 Å². The number of piperidine rings is 1. The summed E-state index contributed by atoms with van der Waals surface area (Å²) in [5.74, 6) is -5.16. The summed E-state index contributed by atoms with van der Waals surface area (Å²) in [7, 11) is 0. The van der Waals surface area contributed by atoms with E-state index in [2.05, 4.69) is 20.4 Å². The number of nitrogens with two attached hydrogens (primary N) is 1. The lowest BCUT2D eigenvalue weighted by molar-refractivity contribution is -0.0543. The summed E-state index contributed by atoms with van der Waals surface area (Å²) in [6.45, 7) is 1.45. The van der Waals surface area contributed by atoms with Gasteiger partial charge in [0.2, 0.25) is 5.95 Å². The summed E-state index contributed by atoms with van der Waals surface area (Å²) in [6, 6.07) is 0.808. The number of rotatable bonds is 5. The van der Waals surface area contributed by atoms with Crippen LogP contribution in [0.2, 0.25) is 0 Å². The molecule has 0 atom stereocenters. The summed E-state index contributed by atoms with van der Waals surface area (Å²) < 4.78 is 53.8. The van der Waals surface area contributed by atoms with Gasteiger partial charge in [0.1, 0.15) is 5.52 Å². The number of hydrogen-bond donors (Lipinski definition) is 4. The number of amidine groups is 1. The van der Waals surface area contributed by atoms with E-state index < -0.39 is 23.4 Å². The van der Waals surface area contributed by atoms with Gasteiger partial charge < -0.3 is 26.1 Å². The molecule has 0 aliphatic carbocycles. The van der Waals surface area contributed by atoms with Crippen LogP contribution in [0.25, 0.3) is 11.0 Å². The predicted molar refractivity (Wildman–Crippen MR) is 87.6 cm³/mol. The quantitative estimate of drug-likeness (QED) is 0.211. The summed E-state index contributed by atoms with van der Waals surface area (Å²) in [6.07, 6.45) is -0.351. The van der Waals surface area contributed by atoms with Crippen molar-refractivity contribution in [3.8, 4) is 0 Å². The van der Waals surface area contributed by atoms with E-state index >= 15 is 0 Å². The van der Waals surface area contributed by atoms with E-state index in [9.17, 15) is 17.6 Å². The van der Waals surface area contributed by atoms with Gasteiger partial charge in [-0.3, -0.25) is 0 Å². The number of aromatic nitrogens is 2. The number of fused-ring (bicyclic) bond motifs is 1. The molecule has 0 amide bonds. The Kier molecular flexibility index (Phi) is 4.90. The van der Waals surface area contributed by atoms with E-state index in [-0.39, 0.29) is 35.4 Å².